The van der Waals surface area contributed by atoms with E-state index in [2.05, 4.69) is 29.8 Å². The van der Waals surface area contributed by atoms with Crippen LogP contribution in [0.4, 0.5) is 0 Å². The maximum Gasteiger partial charge on any atom is 0.338 e. The van der Waals surface area contributed by atoms with Crippen LogP contribution in [-0.2, 0) is 4.74 Å². The molecule has 0 aliphatic heterocycles. The number of rotatable bonds is 7. The Bertz CT molecular complexity index is 416. The number of hydrogen-bond donors (Lipinski definition) is 0. The van der Waals surface area contributed by atoms with E-state index < -0.39 is 0 Å². The Morgan fingerprint density at radius 2 is 2.05 bits per heavy atom. The smallest absolute Gasteiger partial charge is 0.338 e. The van der Waals surface area contributed by atoms with Crippen LogP contribution < -0.4 is 4.74 Å². The molecule has 0 fully saturated rings. The minimum atomic E-state index is -0.295. The molecule has 0 unspecified atom stereocenters. The molecule has 4 heteroatoms. The predicted molar refractivity (Wildman–Crippen MR) is 79.7 cm³/mol. The molecule has 0 atom stereocenters. The quantitative estimate of drug-likeness (QED) is 0.694. The van der Waals surface area contributed by atoms with Gasteiger partial charge in [-0.1, -0.05) is 20.8 Å². The van der Waals surface area contributed by atoms with Crippen molar-refractivity contribution in [3.8, 4) is 5.75 Å². The molecule has 0 amide bonds. The van der Waals surface area contributed by atoms with E-state index in [-0.39, 0.29) is 5.97 Å². The summed E-state index contributed by atoms with van der Waals surface area (Å²) >= 11 is 3.42. The minimum Gasteiger partial charge on any atom is -0.492 e. The number of benzene rings is 1. The van der Waals surface area contributed by atoms with Gasteiger partial charge in [-0.05, 0) is 52.9 Å². The number of halogens is 1. The van der Waals surface area contributed by atoms with E-state index in [1.807, 2.05) is 6.92 Å². The van der Waals surface area contributed by atoms with Crippen molar-refractivity contribution in [2.45, 2.75) is 33.6 Å². The van der Waals surface area contributed by atoms with Crippen molar-refractivity contribution in [1.82, 2.24) is 0 Å². The Kier molecular flexibility index (Phi) is 6.92. The minimum absolute atomic E-state index is 0.295. The van der Waals surface area contributed by atoms with Gasteiger partial charge in [-0.3, -0.25) is 0 Å². The first kappa shape index (κ1) is 16.0. The van der Waals surface area contributed by atoms with Gasteiger partial charge in [0.1, 0.15) is 5.75 Å². The van der Waals surface area contributed by atoms with Crippen molar-refractivity contribution in [2.75, 3.05) is 13.2 Å². The van der Waals surface area contributed by atoms with E-state index in [1.54, 1.807) is 18.2 Å². The van der Waals surface area contributed by atoms with Crippen LogP contribution in [0.2, 0.25) is 0 Å². The van der Waals surface area contributed by atoms with Crippen LogP contribution in [0.1, 0.15) is 44.0 Å². The molecular weight excluding hydrogens is 308 g/mol. The predicted octanol–water partition coefficient (Wildman–Crippen LogP) is 4.44. The third-order valence-corrected chi connectivity index (χ3v) is 3.18. The molecule has 0 aliphatic carbocycles. The van der Waals surface area contributed by atoms with E-state index in [0.29, 0.717) is 24.7 Å². The lowest BCUT2D eigenvalue weighted by atomic mass is 10.1. The van der Waals surface area contributed by atoms with E-state index >= 15 is 0 Å². The third-order valence-electron chi connectivity index (χ3n) is 2.56. The maximum absolute atomic E-state index is 11.7. The first-order chi connectivity index (χ1) is 9.04. The number of esters is 1. The summed E-state index contributed by atoms with van der Waals surface area (Å²) in [4.78, 5) is 11.7. The molecule has 0 bridgehead atoms. The van der Waals surface area contributed by atoms with Gasteiger partial charge in [0.2, 0.25) is 0 Å². The fourth-order valence-electron chi connectivity index (χ4n) is 1.43. The second-order valence-electron chi connectivity index (χ2n) is 4.81. The van der Waals surface area contributed by atoms with Crippen LogP contribution in [0.25, 0.3) is 0 Å². The Labute approximate surface area is 123 Å². The standard InChI is InChI=1S/C15H21BrO3/c1-4-8-19-15(17)12-5-6-14(13(16)10-12)18-9-7-11(2)3/h5-6,10-11H,4,7-9H2,1-3H3. The second-order valence-corrected chi connectivity index (χ2v) is 5.67. The normalized spacial score (nSPS) is 10.6. The monoisotopic (exact) mass is 328 g/mol. The first-order valence-electron chi connectivity index (χ1n) is 6.64. The van der Waals surface area contributed by atoms with E-state index in [0.717, 1.165) is 23.1 Å². The molecule has 1 aromatic rings. The molecule has 0 saturated heterocycles. The van der Waals surface area contributed by atoms with Crippen molar-refractivity contribution < 1.29 is 14.3 Å². The van der Waals surface area contributed by atoms with Crippen LogP contribution in [0.15, 0.2) is 22.7 Å². The van der Waals surface area contributed by atoms with Crippen molar-refractivity contribution >= 4 is 21.9 Å². The number of ether oxygens (including phenoxy) is 2. The zero-order chi connectivity index (χ0) is 14.3. The Balaban J connectivity index is 2.61. The highest BCUT2D eigenvalue weighted by Crippen LogP contribution is 2.26. The lowest BCUT2D eigenvalue weighted by Gasteiger charge is -2.10. The maximum atomic E-state index is 11.7. The number of carbonyl (C=O) groups is 1. The molecular formula is C15H21BrO3. The van der Waals surface area contributed by atoms with Gasteiger partial charge in [0.05, 0.1) is 23.2 Å². The van der Waals surface area contributed by atoms with Crippen LogP contribution in [-0.4, -0.2) is 19.2 Å². The molecule has 1 rings (SSSR count). The Morgan fingerprint density at radius 3 is 2.63 bits per heavy atom. The van der Waals surface area contributed by atoms with Gasteiger partial charge in [0.25, 0.3) is 0 Å². The summed E-state index contributed by atoms with van der Waals surface area (Å²) < 4.78 is 11.5. The molecule has 0 radical (unpaired) electrons. The highest BCUT2D eigenvalue weighted by molar-refractivity contribution is 9.10. The fraction of sp³-hybridized carbons (Fsp3) is 0.533. The van der Waals surface area contributed by atoms with E-state index in [9.17, 15) is 4.79 Å². The lowest BCUT2D eigenvalue weighted by Crippen LogP contribution is -2.06. The largest absolute Gasteiger partial charge is 0.492 e. The lowest BCUT2D eigenvalue weighted by molar-refractivity contribution is 0.0505. The van der Waals surface area contributed by atoms with Crippen molar-refractivity contribution in [3.05, 3.63) is 28.2 Å². The summed E-state index contributed by atoms with van der Waals surface area (Å²) in [7, 11) is 0. The van der Waals surface area contributed by atoms with Gasteiger partial charge in [-0.25, -0.2) is 4.79 Å². The highest BCUT2D eigenvalue weighted by Gasteiger charge is 2.10. The summed E-state index contributed by atoms with van der Waals surface area (Å²) in [5.74, 6) is 1.08. The summed E-state index contributed by atoms with van der Waals surface area (Å²) in [5, 5.41) is 0. The van der Waals surface area contributed by atoms with Crippen LogP contribution in [0.3, 0.4) is 0 Å². The van der Waals surface area contributed by atoms with Gasteiger partial charge >= 0.3 is 5.97 Å². The van der Waals surface area contributed by atoms with Gasteiger partial charge in [-0.2, -0.15) is 0 Å². The average molecular weight is 329 g/mol. The highest BCUT2D eigenvalue weighted by atomic mass is 79.9. The Morgan fingerprint density at radius 1 is 1.32 bits per heavy atom. The van der Waals surface area contributed by atoms with Crippen molar-refractivity contribution in [3.63, 3.8) is 0 Å². The van der Waals surface area contributed by atoms with Crippen LogP contribution >= 0.6 is 15.9 Å². The average Bonchev–Trinajstić information content (AvgIpc) is 2.37. The van der Waals surface area contributed by atoms with Gasteiger partial charge in [0.15, 0.2) is 0 Å². The molecule has 3 nitrogen and oxygen atoms in total. The van der Waals surface area contributed by atoms with Crippen LogP contribution in [0, 0.1) is 5.92 Å². The van der Waals surface area contributed by atoms with Crippen molar-refractivity contribution in [2.24, 2.45) is 5.92 Å². The first-order valence-corrected chi connectivity index (χ1v) is 7.43. The van der Waals surface area contributed by atoms with Gasteiger partial charge in [-0.15, -0.1) is 0 Å². The molecule has 0 heterocycles. The second kappa shape index (κ2) is 8.20. The molecule has 0 aliphatic rings. The fourth-order valence-corrected chi connectivity index (χ4v) is 1.92. The molecule has 106 valence electrons. The van der Waals surface area contributed by atoms with Gasteiger partial charge in [0, 0.05) is 0 Å². The van der Waals surface area contributed by atoms with E-state index in [4.69, 9.17) is 9.47 Å². The summed E-state index contributed by atoms with van der Waals surface area (Å²) in [6.45, 7) is 7.41. The topological polar surface area (TPSA) is 35.5 Å². The summed E-state index contributed by atoms with van der Waals surface area (Å²) in [6.07, 6.45) is 1.83. The SMILES string of the molecule is CCCOC(=O)c1ccc(OCCC(C)C)c(Br)c1. The van der Waals surface area contributed by atoms with E-state index in [1.165, 1.54) is 0 Å². The van der Waals surface area contributed by atoms with Crippen LogP contribution in [0.5, 0.6) is 5.75 Å². The molecule has 0 aromatic heterocycles. The molecule has 19 heavy (non-hydrogen) atoms. The van der Waals surface area contributed by atoms with Crippen molar-refractivity contribution in [1.29, 1.82) is 0 Å². The molecule has 1 aromatic carbocycles. The Hall–Kier alpha value is -1.03. The van der Waals surface area contributed by atoms with Gasteiger partial charge < -0.3 is 9.47 Å². The third kappa shape index (κ3) is 5.64. The number of carbonyl (C=O) groups excluding carboxylic acids is 1. The molecule has 0 N–H and O–H groups in total. The summed E-state index contributed by atoms with van der Waals surface area (Å²) in [5.41, 5.74) is 0.538. The molecule has 0 saturated carbocycles. The number of hydrogen-bond acceptors (Lipinski definition) is 3. The zero-order valence-electron chi connectivity index (χ0n) is 11.7. The summed E-state index contributed by atoms with van der Waals surface area (Å²) in [6, 6.07) is 5.27. The molecule has 0 spiro atoms. The zero-order valence-corrected chi connectivity index (χ0v) is 13.3.